The Morgan fingerprint density at radius 2 is 1.74 bits per heavy atom. The maximum atomic E-state index is 13.4. The molecule has 0 radical (unpaired) electrons. The first-order valence-electron chi connectivity index (χ1n) is 9.22. The van der Waals surface area contributed by atoms with Gasteiger partial charge in [0.2, 0.25) is 0 Å². The Kier molecular flexibility index (Phi) is 7.01. The molecule has 0 saturated carbocycles. The van der Waals surface area contributed by atoms with Crippen LogP contribution in [0.25, 0.3) is 12.2 Å². The predicted molar refractivity (Wildman–Crippen MR) is 117 cm³/mol. The number of anilines is 1. The fraction of sp³-hybridized carbons (Fsp3) is 0.0909. The molecule has 31 heavy (non-hydrogen) atoms. The number of para-hydroxylation sites is 1. The van der Waals surface area contributed by atoms with E-state index in [1.165, 1.54) is 36.9 Å². The van der Waals surface area contributed by atoms with E-state index in [0.717, 1.165) is 9.87 Å². The lowest BCUT2D eigenvalue weighted by Crippen LogP contribution is -2.40. The number of nitrogens with zero attached hydrogens (tertiary/aromatic N) is 2. The highest BCUT2D eigenvalue weighted by molar-refractivity contribution is 7.92. The SMILES string of the molecule is COc1ccc(S(=O)(=O)N(CC(=O)NO)c2ccccc2/C=C/c2ccncc2)cc1. The monoisotopic (exact) mass is 439 g/mol. The van der Waals surface area contributed by atoms with Gasteiger partial charge in [-0.1, -0.05) is 30.4 Å². The van der Waals surface area contributed by atoms with Gasteiger partial charge in [0.1, 0.15) is 12.3 Å². The Morgan fingerprint density at radius 1 is 1.06 bits per heavy atom. The van der Waals surface area contributed by atoms with Crippen LogP contribution in [0.3, 0.4) is 0 Å². The number of aromatic nitrogens is 1. The second-order valence-corrected chi connectivity index (χ2v) is 8.26. The highest BCUT2D eigenvalue weighted by Crippen LogP contribution is 2.29. The molecule has 2 N–H and O–H groups in total. The maximum absolute atomic E-state index is 13.4. The van der Waals surface area contributed by atoms with E-state index in [1.54, 1.807) is 42.7 Å². The molecule has 9 heteroatoms. The Balaban J connectivity index is 2.07. The minimum Gasteiger partial charge on any atom is -0.497 e. The van der Waals surface area contributed by atoms with Gasteiger partial charge in [0.05, 0.1) is 17.7 Å². The zero-order chi connectivity index (χ0) is 22.3. The van der Waals surface area contributed by atoms with Crippen molar-refractivity contribution in [3.63, 3.8) is 0 Å². The van der Waals surface area contributed by atoms with Crippen molar-refractivity contribution in [1.82, 2.24) is 10.5 Å². The van der Waals surface area contributed by atoms with Crippen molar-refractivity contribution >= 4 is 33.8 Å². The van der Waals surface area contributed by atoms with Gasteiger partial charge in [0, 0.05) is 12.4 Å². The summed E-state index contributed by atoms with van der Waals surface area (Å²) >= 11 is 0. The van der Waals surface area contributed by atoms with Crippen molar-refractivity contribution < 1.29 is 23.2 Å². The highest BCUT2D eigenvalue weighted by Gasteiger charge is 2.28. The van der Waals surface area contributed by atoms with Gasteiger partial charge in [-0.2, -0.15) is 0 Å². The fourth-order valence-corrected chi connectivity index (χ4v) is 4.30. The van der Waals surface area contributed by atoms with E-state index in [0.29, 0.717) is 11.3 Å². The summed E-state index contributed by atoms with van der Waals surface area (Å²) in [6, 6.07) is 16.2. The van der Waals surface area contributed by atoms with Gasteiger partial charge in [0.25, 0.3) is 15.9 Å². The smallest absolute Gasteiger partial charge is 0.264 e. The third kappa shape index (κ3) is 5.27. The molecule has 0 fully saturated rings. The molecule has 0 spiro atoms. The summed E-state index contributed by atoms with van der Waals surface area (Å²) in [5, 5.41) is 9.00. The van der Waals surface area contributed by atoms with E-state index in [-0.39, 0.29) is 10.6 Å². The van der Waals surface area contributed by atoms with Gasteiger partial charge >= 0.3 is 0 Å². The molecule has 1 amide bonds. The summed E-state index contributed by atoms with van der Waals surface area (Å²) in [5.41, 5.74) is 3.23. The van der Waals surface area contributed by atoms with E-state index in [9.17, 15) is 13.2 Å². The van der Waals surface area contributed by atoms with Crippen LogP contribution in [0, 0.1) is 0 Å². The number of rotatable bonds is 8. The minimum absolute atomic E-state index is 0.0213. The van der Waals surface area contributed by atoms with Crippen molar-refractivity contribution in [2.75, 3.05) is 18.0 Å². The average molecular weight is 439 g/mol. The lowest BCUT2D eigenvalue weighted by atomic mass is 10.1. The number of benzene rings is 2. The van der Waals surface area contributed by atoms with Gasteiger partial charge in [-0.3, -0.25) is 19.3 Å². The number of pyridine rings is 1. The van der Waals surface area contributed by atoms with Crippen LogP contribution in [-0.2, 0) is 14.8 Å². The number of carbonyl (C=O) groups excluding carboxylic acids is 1. The average Bonchev–Trinajstić information content (AvgIpc) is 2.82. The van der Waals surface area contributed by atoms with Crippen molar-refractivity contribution in [2.24, 2.45) is 0 Å². The topological polar surface area (TPSA) is 109 Å². The first-order valence-corrected chi connectivity index (χ1v) is 10.7. The first kappa shape index (κ1) is 22.0. The van der Waals surface area contributed by atoms with E-state index in [2.05, 4.69) is 4.98 Å². The molecule has 0 saturated heterocycles. The molecule has 0 aliphatic heterocycles. The first-order chi connectivity index (χ1) is 15.0. The number of methoxy groups -OCH3 is 1. The van der Waals surface area contributed by atoms with Crippen molar-refractivity contribution in [2.45, 2.75) is 4.90 Å². The Hall–Kier alpha value is -3.69. The number of hydrogen-bond donors (Lipinski definition) is 2. The van der Waals surface area contributed by atoms with Crippen molar-refractivity contribution in [3.05, 3.63) is 84.2 Å². The van der Waals surface area contributed by atoms with E-state index < -0.39 is 22.5 Å². The molecule has 1 aromatic heterocycles. The number of carbonyl (C=O) groups is 1. The maximum Gasteiger partial charge on any atom is 0.264 e. The highest BCUT2D eigenvalue weighted by atomic mass is 32.2. The Morgan fingerprint density at radius 3 is 2.39 bits per heavy atom. The second-order valence-electron chi connectivity index (χ2n) is 6.39. The Labute approximate surface area is 180 Å². The van der Waals surface area contributed by atoms with Crippen molar-refractivity contribution in [3.8, 4) is 5.75 Å². The standard InChI is InChI=1S/C22H21N3O5S/c1-30-19-8-10-20(11-9-19)31(28,29)25(16-22(26)24-27)21-5-3-2-4-18(21)7-6-17-12-14-23-15-13-17/h2-15,27H,16H2,1H3,(H,24,26)/b7-6+. The summed E-state index contributed by atoms with van der Waals surface area (Å²) in [5.74, 6) is -0.371. The van der Waals surface area contributed by atoms with Gasteiger partial charge in [-0.15, -0.1) is 0 Å². The fourth-order valence-electron chi connectivity index (χ4n) is 2.86. The molecule has 3 aromatic rings. The summed E-state index contributed by atoms with van der Waals surface area (Å²) < 4.78 is 32.8. The molecule has 160 valence electrons. The van der Waals surface area contributed by atoms with Gasteiger partial charge < -0.3 is 4.74 Å². The minimum atomic E-state index is -4.13. The summed E-state index contributed by atoms with van der Waals surface area (Å²) in [6.07, 6.45) is 6.86. The molecule has 3 rings (SSSR count). The zero-order valence-corrected chi connectivity index (χ0v) is 17.5. The number of hydrogen-bond acceptors (Lipinski definition) is 6. The third-order valence-corrected chi connectivity index (χ3v) is 6.20. The molecular formula is C22H21N3O5S. The summed E-state index contributed by atoms with van der Waals surface area (Å²) in [4.78, 5) is 15.9. The van der Waals surface area contributed by atoms with Crippen LogP contribution < -0.4 is 14.5 Å². The van der Waals surface area contributed by atoms with E-state index in [4.69, 9.17) is 9.94 Å². The number of hydroxylamine groups is 1. The zero-order valence-electron chi connectivity index (χ0n) is 16.7. The molecule has 8 nitrogen and oxygen atoms in total. The van der Waals surface area contributed by atoms with Gasteiger partial charge in [-0.25, -0.2) is 13.9 Å². The summed E-state index contributed by atoms with van der Waals surface area (Å²) in [6.45, 7) is -0.606. The van der Waals surface area contributed by atoms with Crippen LogP contribution in [0.5, 0.6) is 5.75 Å². The van der Waals surface area contributed by atoms with Gasteiger partial charge in [-0.05, 0) is 53.6 Å². The van der Waals surface area contributed by atoms with Crippen LogP contribution in [-0.4, -0.2) is 38.2 Å². The van der Waals surface area contributed by atoms with Crippen LogP contribution in [0.15, 0.2) is 78.0 Å². The molecule has 1 heterocycles. The quantitative estimate of drug-likeness (QED) is 0.413. The molecule has 0 bridgehead atoms. The van der Waals surface area contributed by atoms with E-state index >= 15 is 0 Å². The number of sulfonamides is 1. The summed E-state index contributed by atoms with van der Waals surface area (Å²) in [7, 11) is -2.65. The number of ether oxygens (including phenoxy) is 1. The molecule has 0 aliphatic carbocycles. The molecule has 0 atom stereocenters. The third-order valence-electron chi connectivity index (χ3n) is 4.43. The van der Waals surface area contributed by atoms with Gasteiger partial charge in [0.15, 0.2) is 0 Å². The Bertz CT molecular complexity index is 1160. The lowest BCUT2D eigenvalue weighted by Gasteiger charge is -2.25. The second kappa shape index (κ2) is 9.88. The normalized spacial score (nSPS) is 11.3. The van der Waals surface area contributed by atoms with Crippen LogP contribution in [0.1, 0.15) is 11.1 Å². The predicted octanol–water partition coefficient (Wildman–Crippen LogP) is 2.96. The van der Waals surface area contributed by atoms with E-state index in [1.807, 2.05) is 18.2 Å². The largest absolute Gasteiger partial charge is 0.497 e. The van der Waals surface area contributed by atoms with Crippen LogP contribution >= 0.6 is 0 Å². The number of amides is 1. The van der Waals surface area contributed by atoms with Crippen LogP contribution in [0.2, 0.25) is 0 Å². The van der Waals surface area contributed by atoms with Crippen LogP contribution in [0.4, 0.5) is 5.69 Å². The molecular weight excluding hydrogens is 418 g/mol. The molecule has 2 aromatic carbocycles. The molecule has 0 aliphatic rings. The lowest BCUT2D eigenvalue weighted by molar-refractivity contribution is -0.127. The molecule has 0 unspecified atom stereocenters. The van der Waals surface area contributed by atoms with Crippen molar-refractivity contribution in [1.29, 1.82) is 0 Å². The number of nitrogens with one attached hydrogen (secondary N) is 1.